The van der Waals surface area contributed by atoms with E-state index in [9.17, 15) is 22.8 Å². The molecule has 0 aromatic carbocycles. The molecule has 0 bridgehead atoms. The van der Waals surface area contributed by atoms with Crippen molar-refractivity contribution in [1.29, 1.82) is 0 Å². The van der Waals surface area contributed by atoms with E-state index in [1.807, 2.05) is 12.1 Å². The van der Waals surface area contributed by atoms with E-state index in [4.69, 9.17) is 0 Å². The van der Waals surface area contributed by atoms with E-state index in [0.29, 0.717) is 17.0 Å². The van der Waals surface area contributed by atoms with Gasteiger partial charge in [0.05, 0.1) is 5.56 Å². The Morgan fingerprint density at radius 1 is 1.19 bits per heavy atom. The molecule has 0 aliphatic carbocycles. The summed E-state index contributed by atoms with van der Waals surface area (Å²) >= 11 is 0. The molecule has 3 rings (SSSR count). The van der Waals surface area contributed by atoms with Gasteiger partial charge in [0.25, 0.3) is 0 Å². The summed E-state index contributed by atoms with van der Waals surface area (Å²) in [5.74, 6) is -3.25. The maximum absolute atomic E-state index is 12.0. The van der Waals surface area contributed by atoms with Crippen LogP contribution < -0.4 is 4.68 Å². The van der Waals surface area contributed by atoms with E-state index >= 15 is 0 Å². The van der Waals surface area contributed by atoms with Gasteiger partial charge in [0.15, 0.2) is 24.2 Å². The number of alkyl halides is 3. The highest BCUT2D eigenvalue weighted by molar-refractivity contribution is 5.88. The lowest BCUT2D eigenvalue weighted by Crippen LogP contribution is -2.39. The van der Waals surface area contributed by atoms with Gasteiger partial charge in [-0.1, -0.05) is 10.7 Å². The molecule has 26 heavy (non-hydrogen) atoms. The minimum atomic E-state index is -5.20. The number of pyridine rings is 1. The number of hydrogen-bond donors (Lipinski definition) is 0. The van der Waals surface area contributed by atoms with Gasteiger partial charge in [0.2, 0.25) is 0 Å². The Morgan fingerprint density at radius 2 is 2.00 bits per heavy atom. The van der Waals surface area contributed by atoms with Gasteiger partial charge in [-0.05, 0) is 17.2 Å². The van der Waals surface area contributed by atoms with Crippen LogP contribution in [0.2, 0.25) is 0 Å². The SMILES string of the molecule is O=C(CC[n+]1ccc(-c2nnc3ccccn23)cn1)OC(=O)C(F)(F)F. The van der Waals surface area contributed by atoms with Crippen molar-refractivity contribution in [3.8, 4) is 11.4 Å². The Balaban J connectivity index is 1.63. The zero-order valence-corrected chi connectivity index (χ0v) is 13.1. The number of carbonyl (C=O) groups excluding carboxylic acids is 2. The topological polar surface area (TPSA) is 90.3 Å². The average molecular weight is 366 g/mol. The lowest BCUT2D eigenvalue weighted by molar-refractivity contribution is -0.752. The van der Waals surface area contributed by atoms with Gasteiger partial charge in [-0.15, -0.1) is 10.2 Å². The summed E-state index contributed by atoms with van der Waals surface area (Å²) in [5, 5.41) is 12.2. The lowest BCUT2D eigenvalue weighted by atomic mass is 10.3. The third-order valence-corrected chi connectivity index (χ3v) is 3.33. The molecule has 0 aliphatic heterocycles. The summed E-state index contributed by atoms with van der Waals surface area (Å²) in [6.45, 7) is -0.0508. The first-order valence-electron chi connectivity index (χ1n) is 7.32. The van der Waals surface area contributed by atoms with E-state index in [-0.39, 0.29) is 6.54 Å². The summed E-state index contributed by atoms with van der Waals surface area (Å²) < 4.78 is 42.8. The van der Waals surface area contributed by atoms with Crippen LogP contribution in [0.1, 0.15) is 6.42 Å². The normalized spacial score (nSPS) is 11.5. The van der Waals surface area contributed by atoms with Crippen LogP contribution in [0.4, 0.5) is 13.2 Å². The molecule has 3 aromatic rings. The molecule has 11 heteroatoms. The molecule has 0 aliphatic rings. The number of halogens is 3. The van der Waals surface area contributed by atoms with Crippen LogP contribution in [0.15, 0.2) is 42.9 Å². The second-order valence-corrected chi connectivity index (χ2v) is 5.14. The molecule has 0 amide bonds. The molecule has 3 aromatic heterocycles. The molecule has 0 N–H and O–H groups in total. The summed E-state index contributed by atoms with van der Waals surface area (Å²) in [6.07, 6.45) is -0.844. The molecular weight excluding hydrogens is 355 g/mol. The zero-order valence-electron chi connectivity index (χ0n) is 13.1. The standard InChI is InChI=1S/C15H11F3N5O3/c16-15(17,18)14(25)26-12(24)5-8-22-7-4-10(9-19-22)13-21-20-11-3-1-2-6-23(11)13/h1-4,6-7,9H,5,8H2/q+1. The van der Waals surface area contributed by atoms with Crippen LogP contribution in [-0.2, 0) is 20.9 Å². The molecule has 3 heterocycles. The second kappa shape index (κ2) is 6.86. The molecule has 0 radical (unpaired) electrons. The number of aryl methyl sites for hydroxylation is 1. The third-order valence-electron chi connectivity index (χ3n) is 3.33. The molecule has 8 nitrogen and oxygen atoms in total. The van der Waals surface area contributed by atoms with E-state index in [2.05, 4.69) is 20.0 Å². The van der Waals surface area contributed by atoms with Crippen molar-refractivity contribution in [3.63, 3.8) is 0 Å². The fraction of sp³-hybridized carbons (Fsp3) is 0.200. The Morgan fingerprint density at radius 3 is 2.69 bits per heavy atom. The Hall–Kier alpha value is -3.37. The van der Waals surface area contributed by atoms with Gasteiger partial charge in [0.1, 0.15) is 12.6 Å². The van der Waals surface area contributed by atoms with Crippen molar-refractivity contribution in [2.75, 3.05) is 0 Å². The second-order valence-electron chi connectivity index (χ2n) is 5.14. The fourth-order valence-corrected chi connectivity index (χ4v) is 2.11. The van der Waals surface area contributed by atoms with Gasteiger partial charge in [0, 0.05) is 12.3 Å². The predicted molar refractivity (Wildman–Crippen MR) is 78.2 cm³/mol. The van der Waals surface area contributed by atoms with Gasteiger partial charge in [-0.2, -0.15) is 13.2 Å². The van der Waals surface area contributed by atoms with E-state index in [0.717, 1.165) is 0 Å². The smallest absolute Gasteiger partial charge is 0.386 e. The number of nitrogens with zero attached hydrogens (tertiary/aromatic N) is 5. The number of ether oxygens (including phenoxy) is 1. The summed E-state index contributed by atoms with van der Waals surface area (Å²) in [4.78, 5) is 21.8. The van der Waals surface area contributed by atoms with Crippen molar-refractivity contribution >= 4 is 17.6 Å². The van der Waals surface area contributed by atoms with Crippen LogP contribution in [-0.4, -0.2) is 37.8 Å². The first-order valence-corrected chi connectivity index (χ1v) is 7.32. The van der Waals surface area contributed by atoms with Crippen molar-refractivity contribution in [2.45, 2.75) is 19.1 Å². The Labute approximate surface area is 143 Å². The van der Waals surface area contributed by atoms with Crippen molar-refractivity contribution in [3.05, 3.63) is 42.9 Å². The minimum Gasteiger partial charge on any atom is -0.386 e. The number of carbonyl (C=O) groups is 2. The van der Waals surface area contributed by atoms with Crippen molar-refractivity contribution in [1.82, 2.24) is 19.7 Å². The number of esters is 2. The van der Waals surface area contributed by atoms with Crippen molar-refractivity contribution in [2.24, 2.45) is 0 Å². The largest absolute Gasteiger partial charge is 0.491 e. The highest BCUT2D eigenvalue weighted by Gasteiger charge is 2.42. The first kappa shape index (κ1) is 17.5. The van der Waals surface area contributed by atoms with Crippen LogP contribution >= 0.6 is 0 Å². The summed E-state index contributed by atoms with van der Waals surface area (Å²) in [6, 6.07) is 7.11. The predicted octanol–water partition coefficient (Wildman–Crippen LogP) is 1.10. The number of aromatic nitrogens is 5. The molecule has 0 spiro atoms. The quantitative estimate of drug-likeness (QED) is 0.390. The van der Waals surface area contributed by atoms with Crippen LogP contribution in [0, 0.1) is 0 Å². The fourth-order valence-electron chi connectivity index (χ4n) is 2.11. The lowest BCUT2D eigenvalue weighted by Gasteiger charge is -2.04. The van der Waals surface area contributed by atoms with Gasteiger partial charge < -0.3 is 4.74 Å². The highest BCUT2D eigenvalue weighted by Crippen LogP contribution is 2.17. The van der Waals surface area contributed by atoms with Gasteiger partial charge in [-0.25, -0.2) is 4.79 Å². The number of hydrogen-bond acceptors (Lipinski definition) is 6. The molecule has 0 atom stereocenters. The van der Waals surface area contributed by atoms with Crippen LogP contribution in [0.5, 0.6) is 0 Å². The molecule has 0 saturated carbocycles. The maximum Gasteiger partial charge on any atom is 0.491 e. The third kappa shape index (κ3) is 3.82. The van der Waals surface area contributed by atoms with E-state index in [1.54, 1.807) is 22.7 Å². The number of rotatable bonds is 4. The van der Waals surface area contributed by atoms with Gasteiger partial charge >= 0.3 is 18.1 Å². The maximum atomic E-state index is 12.0. The monoisotopic (exact) mass is 366 g/mol. The van der Waals surface area contributed by atoms with E-state index in [1.165, 1.54) is 17.1 Å². The summed E-state index contributed by atoms with van der Waals surface area (Å²) in [5.41, 5.74) is 1.33. The molecule has 134 valence electrons. The Kier molecular flexibility index (Phi) is 4.61. The van der Waals surface area contributed by atoms with Crippen LogP contribution in [0.3, 0.4) is 0 Å². The number of fused-ring (bicyclic) bond motifs is 1. The Bertz CT molecular complexity index is 953. The zero-order chi connectivity index (χ0) is 18.7. The molecule has 0 unspecified atom stereocenters. The molecule has 0 saturated heterocycles. The first-order chi connectivity index (χ1) is 12.3. The molecular formula is C15H11F3N5O3+. The van der Waals surface area contributed by atoms with Gasteiger partial charge in [-0.3, -0.25) is 9.20 Å². The van der Waals surface area contributed by atoms with Crippen molar-refractivity contribution < 1.29 is 32.2 Å². The minimum absolute atomic E-state index is 0.0508. The molecule has 0 fully saturated rings. The summed E-state index contributed by atoms with van der Waals surface area (Å²) in [7, 11) is 0. The average Bonchev–Trinajstić information content (AvgIpc) is 3.04. The highest BCUT2D eigenvalue weighted by atomic mass is 19.4. The van der Waals surface area contributed by atoms with Crippen LogP contribution in [0.25, 0.3) is 17.0 Å². The van der Waals surface area contributed by atoms with E-state index < -0.39 is 24.5 Å².